The number of hydrogen-bond donors (Lipinski definition) is 2. The van der Waals surface area contributed by atoms with Gasteiger partial charge < -0.3 is 11.1 Å². The van der Waals surface area contributed by atoms with Gasteiger partial charge in [-0.25, -0.2) is 0 Å². The van der Waals surface area contributed by atoms with Crippen molar-refractivity contribution in [2.24, 2.45) is 5.73 Å². The van der Waals surface area contributed by atoms with Crippen LogP contribution in [0.1, 0.15) is 6.42 Å². The Bertz CT molecular complexity index is 103. The highest BCUT2D eigenvalue weighted by molar-refractivity contribution is 5.84. The first-order valence-corrected chi connectivity index (χ1v) is 2.80. The molecule has 1 unspecified atom stereocenters. The zero-order valence-electron chi connectivity index (χ0n) is 4.68. The summed E-state index contributed by atoms with van der Waals surface area (Å²) >= 11 is 0. The normalized spacial score (nSPS) is 30.6. The third-order valence-electron chi connectivity index (χ3n) is 1.33. The second-order valence-electron chi connectivity index (χ2n) is 2.03. The van der Waals surface area contributed by atoms with Gasteiger partial charge in [0.25, 0.3) is 0 Å². The van der Waals surface area contributed by atoms with E-state index in [4.69, 9.17) is 5.73 Å². The van der Waals surface area contributed by atoms with Crippen LogP contribution in [0.15, 0.2) is 0 Å². The van der Waals surface area contributed by atoms with Gasteiger partial charge in [0.05, 0.1) is 6.04 Å². The van der Waals surface area contributed by atoms with Crippen molar-refractivity contribution < 1.29 is 4.79 Å². The Morgan fingerprint density at radius 2 is 2.50 bits per heavy atom. The number of piperidine rings is 1. The third-order valence-corrected chi connectivity index (χ3v) is 1.33. The summed E-state index contributed by atoms with van der Waals surface area (Å²) < 4.78 is 0. The van der Waals surface area contributed by atoms with Gasteiger partial charge >= 0.3 is 0 Å². The molecule has 1 fully saturated rings. The van der Waals surface area contributed by atoms with Crippen molar-refractivity contribution in [3.63, 3.8) is 0 Å². The topological polar surface area (TPSA) is 55.1 Å². The first kappa shape index (κ1) is 5.72. The van der Waals surface area contributed by atoms with E-state index in [1.54, 1.807) is 0 Å². The molecular weight excluding hydrogens is 104 g/mol. The fourth-order valence-corrected chi connectivity index (χ4v) is 0.768. The van der Waals surface area contributed by atoms with E-state index >= 15 is 0 Å². The summed E-state index contributed by atoms with van der Waals surface area (Å²) in [7, 11) is 0. The Morgan fingerprint density at radius 1 is 1.75 bits per heavy atom. The highest BCUT2D eigenvalue weighted by Crippen LogP contribution is 1.91. The van der Waals surface area contributed by atoms with Crippen LogP contribution in [0.25, 0.3) is 0 Å². The van der Waals surface area contributed by atoms with Crippen LogP contribution in [0.4, 0.5) is 0 Å². The minimum absolute atomic E-state index is 0.184. The lowest BCUT2D eigenvalue weighted by atomic mass is 10.1. The summed E-state index contributed by atoms with van der Waals surface area (Å²) in [5.41, 5.74) is 5.37. The summed E-state index contributed by atoms with van der Waals surface area (Å²) in [5, 5.41) is 3.02. The maximum atomic E-state index is 10.6. The molecule has 0 aliphatic carbocycles. The Labute approximate surface area is 48.2 Å². The van der Waals surface area contributed by atoms with E-state index in [2.05, 4.69) is 5.32 Å². The first-order chi connectivity index (χ1) is 3.80. The lowest BCUT2D eigenvalue weighted by Crippen LogP contribution is -2.46. The van der Waals surface area contributed by atoms with Crippen LogP contribution in [-0.2, 0) is 4.79 Å². The van der Waals surface area contributed by atoms with Gasteiger partial charge in [0.2, 0.25) is 0 Å². The lowest BCUT2D eigenvalue weighted by molar-refractivity contribution is -0.121. The fraction of sp³-hybridized carbons (Fsp3) is 0.800. The summed E-state index contributed by atoms with van der Waals surface area (Å²) in [5.74, 6) is 0.184. The standard InChI is InChI=1S/C5H10N2O/c6-4-3-7-2-1-5(4)8/h4,7H,1-3,6H2. The lowest BCUT2D eigenvalue weighted by Gasteiger charge is -2.16. The van der Waals surface area contributed by atoms with Crippen LogP contribution < -0.4 is 11.1 Å². The molecule has 0 aromatic rings. The van der Waals surface area contributed by atoms with Crippen molar-refractivity contribution in [2.45, 2.75) is 12.5 Å². The van der Waals surface area contributed by atoms with Crippen molar-refractivity contribution >= 4 is 5.78 Å². The van der Waals surface area contributed by atoms with Crippen molar-refractivity contribution in [2.75, 3.05) is 13.1 Å². The predicted molar refractivity (Wildman–Crippen MR) is 30.5 cm³/mol. The minimum Gasteiger partial charge on any atom is -0.320 e. The van der Waals surface area contributed by atoms with E-state index in [9.17, 15) is 4.79 Å². The van der Waals surface area contributed by atoms with Gasteiger partial charge in [0.15, 0.2) is 5.78 Å². The molecule has 0 bridgehead atoms. The monoisotopic (exact) mass is 114 g/mol. The Balaban J connectivity index is 2.39. The summed E-state index contributed by atoms with van der Waals surface area (Å²) in [6, 6.07) is -0.247. The van der Waals surface area contributed by atoms with Crippen molar-refractivity contribution in [1.29, 1.82) is 0 Å². The number of carbonyl (C=O) groups excluding carboxylic acids is 1. The number of hydrogen-bond acceptors (Lipinski definition) is 3. The van der Waals surface area contributed by atoms with Crippen LogP contribution in [-0.4, -0.2) is 24.9 Å². The maximum Gasteiger partial charge on any atom is 0.152 e. The molecule has 8 heavy (non-hydrogen) atoms. The molecule has 0 radical (unpaired) electrons. The molecule has 3 heteroatoms. The van der Waals surface area contributed by atoms with E-state index in [0.29, 0.717) is 13.0 Å². The average molecular weight is 114 g/mol. The predicted octanol–water partition coefficient (Wildman–Crippen LogP) is -1.12. The second-order valence-corrected chi connectivity index (χ2v) is 2.03. The molecule has 1 heterocycles. The van der Waals surface area contributed by atoms with Gasteiger partial charge in [-0.15, -0.1) is 0 Å². The van der Waals surface area contributed by atoms with E-state index in [1.807, 2.05) is 0 Å². The number of nitrogens with one attached hydrogen (secondary N) is 1. The number of rotatable bonds is 0. The highest BCUT2D eigenvalue weighted by atomic mass is 16.1. The molecule has 1 saturated heterocycles. The van der Waals surface area contributed by atoms with Gasteiger partial charge in [0.1, 0.15) is 0 Å². The summed E-state index contributed by atoms with van der Waals surface area (Å²) in [6.07, 6.45) is 0.598. The molecule has 0 aromatic carbocycles. The van der Waals surface area contributed by atoms with Gasteiger partial charge in [-0.2, -0.15) is 0 Å². The maximum absolute atomic E-state index is 10.6. The van der Waals surface area contributed by atoms with Crippen LogP contribution in [0.2, 0.25) is 0 Å². The van der Waals surface area contributed by atoms with Crippen LogP contribution in [0.5, 0.6) is 0 Å². The summed E-state index contributed by atoms with van der Waals surface area (Å²) in [4.78, 5) is 10.6. The molecule has 1 atom stereocenters. The van der Waals surface area contributed by atoms with E-state index in [-0.39, 0.29) is 11.8 Å². The van der Waals surface area contributed by atoms with Crippen LogP contribution in [0.3, 0.4) is 0 Å². The number of nitrogens with two attached hydrogens (primary N) is 1. The van der Waals surface area contributed by atoms with E-state index in [0.717, 1.165) is 6.54 Å². The largest absolute Gasteiger partial charge is 0.320 e. The van der Waals surface area contributed by atoms with Crippen molar-refractivity contribution in [3.05, 3.63) is 0 Å². The zero-order chi connectivity index (χ0) is 5.98. The molecule has 3 nitrogen and oxygen atoms in total. The molecule has 1 aliphatic heterocycles. The average Bonchev–Trinajstić information content (AvgIpc) is 1.77. The Morgan fingerprint density at radius 3 is 2.88 bits per heavy atom. The Hall–Kier alpha value is -0.410. The first-order valence-electron chi connectivity index (χ1n) is 2.80. The molecule has 46 valence electrons. The molecule has 1 aliphatic rings. The Kier molecular flexibility index (Phi) is 1.60. The van der Waals surface area contributed by atoms with Gasteiger partial charge in [-0.1, -0.05) is 0 Å². The number of carbonyl (C=O) groups is 1. The molecule has 3 N–H and O–H groups in total. The SMILES string of the molecule is NC1CNCCC1=O. The molecule has 0 saturated carbocycles. The highest BCUT2D eigenvalue weighted by Gasteiger charge is 2.16. The number of ketones is 1. The molecule has 1 rings (SSSR count). The van der Waals surface area contributed by atoms with E-state index < -0.39 is 0 Å². The third kappa shape index (κ3) is 1.05. The smallest absolute Gasteiger partial charge is 0.152 e. The van der Waals surface area contributed by atoms with Crippen LogP contribution >= 0.6 is 0 Å². The quantitative estimate of drug-likeness (QED) is 0.419. The molecule has 0 aromatic heterocycles. The molecular formula is C5H10N2O. The zero-order valence-corrected chi connectivity index (χ0v) is 4.68. The molecule has 0 amide bonds. The van der Waals surface area contributed by atoms with Gasteiger partial charge in [-0.3, -0.25) is 4.79 Å². The molecule has 0 spiro atoms. The van der Waals surface area contributed by atoms with E-state index in [1.165, 1.54) is 0 Å². The second kappa shape index (κ2) is 2.24. The summed E-state index contributed by atoms with van der Waals surface area (Å²) in [6.45, 7) is 1.45. The van der Waals surface area contributed by atoms with Crippen molar-refractivity contribution in [1.82, 2.24) is 5.32 Å². The van der Waals surface area contributed by atoms with Crippen molar-refractivity contribution in [3.8, 4) is 0 Å². The van der Waals surface area contributed by atoms with Gasteiger partial charge in [-0.05, 0) is 0 Å². The van der Waals surface area contributed by atoms with Crippen LogP contribution in [0, 0.1) is 0 Å². The van der Waals surface area contributed by atoms with Gasteiger partial charge in [0, 0.05) is 19.5 Å². The number of Topliss-reactive ketones (excluding diaryl/α,β-unsaturated/α-hetero) is 1. The fourth-order valence-electron chi connectivity index (χ4n) is 0.768. The minimum atomic E-state index is -0.247.